The monoisotopic (exact) mass is 338 g/mol. The highest BCUT2D eigenvalue weighted by Crippen LogP contribution is 2.19. The van der Waals surface area contributed by atoms with Crippen molar-refractivity contribution in [1.82, 2.24) is 4.83 Å². The average molecular weight is 339 g/mol. The molecule has 0 amide bonds. The minimum atomic E-state index is -3.74. The summed E-state index contributed by atoms with van der Waals surface area (Å²) in [5, 5.41) is 13.7. The molecule has 0 heterocycles. The standard InChI is InChI=1S/C15H15ClN2O3S/c1-2-11-3-6-14(7-4-11)22(20,21)18-17-10-12-9-13(16)5-8-15(12)19/h3-10,18-19H,2H2,1H3/b17-10-. The lowest BCUT2D eigenvalue weighted by molar-refractivity contribution is 0.474. The van der Waals surface area contributed by atoms with Crippen molar-refractivity contribution in [2.24, 2.45) is 5.10 Å². The lowest BCUT2D eigenvalue weighted by Crippen LogP contribution is -2.18. The second-order valence-electron chi connectivity index (χ2n) is 4.55. The Balaban J connectivity index is 2.14. The number of phenolic OH excluding ortho intramolecular Hbond substituents is 1. The Morgan fingerprint density at radius 2 is 1.91 bits per heavy atom. The molecule has 0 atom stereocenters. The van der Waals surface area contributed by atoms with Gasteiger partial charge in [0, 0.05) is 10.6 Å². The smallest absolute Gasteiger partial charge is 0.276 e. The van der Waals surface area contributed by atoms with Crippen molar-refractivity contribution in [2.45, 2.75) is 18.2 Å². The molecule has 0 aliphatic rings. The molecule has 116 valence electrons. The molecule has 7 heteroatoms. The van der Waals surface area contributed by atoms with E-state index in [4.69, 9.17) is 11.6 Å². The molecule has 2 aromatic carbocycles. The van der Waals surface area contributed by atoms with Crippen LogP contribution in [-0.2, 0) is 16.4 Å². The van der Waals surface area contributed by atoms with Crippen molar-refractivity contribution in [3.05, 3.63) is 58.6 Å². The SMILES string of the molecule is CCc1ccc(S(=O)(=O)N/N=C\c2cc(Cl)ccc2O)cc1. The molecule has 0 saturated carbocycles. The number of hydrogen-bond acceptors (Lipinski definition) is 4. The van der Waals surface area contributed by atoms with Gasteiger partial charge in [0.05, 0.1) is 11.1 Å². The quantitative estimate of drug-likeness (QED) is 0.650. The van der Waals surface area contributed by atoms with E-state index in [0.717, 1.165) is 12.0 Å². The van der Waals surface area contributed by atoms with E-state index in [0.29, 0.717) is 10.6 Å². The number of hydrogen-bond donors (Lipinski definition) is 2. The van der Waals surface area contributed by atoms with Gasteiger partial charge in [0.2, 0.25) is 0 Å². The first-order chi connectivity index (χ1) is 10.4. The maximum absolute atomic E-state index is 12.1. The highest BCUT2D eigenvalue weighted by molar-refractivity contribution is 7.89. The topological polar surface area (TPSA) is 78.8 Å². The first-order valence-corrected chi connectivity index (χ1v) is 8.41. The van der Waals surface area contributed by atoms with Crippen molar-refractivity contribution < 1.29 is 13.5 Å². The largest absolute Gasteiger partial charge is 0.507 e. The zero-order valence-electron chi connectivity index (χ0n) is 11.8. The third-order valence-electron chi connectivity index (χ3n) is 3.01. The lowest BCUT2D eigenvalue weighted by atomic mass is 10.2. The van der Waals surface area contributed by atoms with E-state index in [-0.39, 0.29) is 10.6 Å². The molecule has 2 aromatic rings. The Morgan fingerprint density at radius 3 is 2.55 bits per heavy atom. The van der Waals surface area contributed by atoms with E-state index in [1.54, 1.807) is 12.1 Å². The van der Waals surface area contributed by atoms with Crippen molar-refractivity contribution in [3.8, 4) is 5.75 Å². The summed E-state index contributed by atoms with van der Waals surface area (Å²) < 4.78 is 24.1. The molecule has 0 unspecified atom stereocenters. The van der Waals surface area contributed by atoms with E-state index in [2.05, 4.69) is 9.93 Å². The Kier molecular flexibility index (Phi) is 5.05. The van der Waals surface area contributed by atoms with Crippen LogP contribution in [0.4, 0.5) is 0 Å². The first kappa shape index (κ1) is 16.3. The van der Waals surface area contributed by atoms with Crippen molar-refractivity contribution >= 4 is 27.8 Å². The Bertz CT molecular complexity index is 787. The minimum Gasteiger partial charge on any atom is -0.507 e. The number of hydrazone groups is 1. The fraction of sp³-hybridized carbons (Fsp3) is 0.133. The molecule has 22 heavy (non-hydrogen) atoms. The molecule has 5 nitrogen and oxygen atoms in total. The van der Waals surface area contributed by atoms with Crippen LogP contribution in [0.1, 0.15) is 18.1 Å². The van der Waals surface area contributed by atoms with E-state index in [1.165, 1.54) is 36.5 Å². The Morgan fingerprint density at radius 1 is 1.23 bits per heavy atom. The number of nitrogens with zero attached hydrogens (tertiary/aromatic N) is 1. The second kappa shape index (κ2) is 6.81. The van der Waals surface area contributed by atoms with Gasteiger partial charge in [-0.1, -0.05) is 30.7 Å². The zero-order valence-corrected chi connectivity index (χ0v) is 13.4. The number of nitrogens with one attached hydrogen (secondary N) is 1. The van der Waals surface area contributed by atoms with Crippen molar-refractivity contribution in [2.75, 3.05) is 0 Å². The van der Waals surface area contributed by atoms with Crippen LogP contribution in [0.5, 0.6) is 5.75 Å². The predicted octanol–water partition coefficient (Wildman–Crippen LogP) is 2.92. The Hall–Kier alpha value is -2.05. The summed E-state index contributed by atoms with van der Waals surface area (Å²) in [6.07, 6.45) is 2.03. The van der Waals surface area contributed by atoms with Crippen LogP contribution < -0.4 is 4.83 Å². The van der Waals surface area contributed by atoms with Crippen molar-refractivity contribution in [3.63, 3.8) is 0 Å². The second-order valence-corrected chi connectivity index (χ2v) is 6.65. The number of aryl methyl sites for hydroxylation is 1. The molecule has 0 saturated heterocycles. The van der Waals surface area contributed by atoms with Gasteiger partial charge in [-0.05, 0) is 42.3 Å². The van der Waals surface area contributed by atoms with Crippen LogP contribution in [0.2, 0.25) is 5.02 Å². The number of sulfonamides is 1. The summed E-state index contributed by atoms with van der Waals surface area (Å²) in [5.41, 5.74) is 1.36. The third kappa shape index (κ3) is 3.99. The fourth-order valence-electron chi connectivity index (χ4n) is 1.75. The van der Waals surface area contributed by atoms with Gasteiger partial charge in [0.15, 0.2) is 0 Å². The minimum absolute atomic E-state index is 0.0420. The lowest BCUT2D eigenvalue weighted by Gasteiger charge is -2.04. The molecule has 0 aromatic heterocycles. The van der Waals surface area contributed by atoms with Gasteiger partial charge >= 0.3 is 0 Å². The van der Waals surface area contributed by atoms with Gasteiger partial charge in [0.1, 0.15) is 5.75 Å². The highest BCUT2D eigenvalue weighted by atomic mass is 35.5. The molecule has 0 aliphatic carbocycles. The van der Waals surface area contributed by atoms with Gasteiger partial charge in [-0.25, -0.2) is 4.83 Å². The summed E-state index contributed by atoms with van der Waals surface area (Å²) in [4.78, 5) is 2.22. The fourth-order valence-corrected chi connectivity index (χ4v) is 2.72. The van der Waals surface area contributed by atoms with Crippen LogP contribution in [0.25, 0.3) is 0 Å². The van der Waals surface area contributed by atoms with E-state index in [1.807, 2.05) is 6.92 Å². The third-order valence-corrected chi connectivity index (χ3v) is 4.48. The predicted molar refractivity (Wildman–Crippen MR) is 86.9 cm³/mol. The summed E-state index contributed by atoms with van der Waals surface area (Å²) in [6, 6.07) is 10.9. The summed E-state index contributed by atoms with van der Waals surface area (Å²) in [5.74, 6) is -0.0420. The van der Waals surface area contributed by atoms with Crippen LogP contribution in [0.3, 0.4) is 0 Å². The summed E-state index contributed by atoms with van der Waals surface area (Å²) in [6.45, 7) is 1.99. The van der Waals surface area contributed by atoms with Crippen LogP contribution >= 0.6 is 11.6 Å². The first-order valence-electron chi connectivity index (χ1n) is 6.54. The van der Waals surface area contributed by atoms with E-state index >= 15 is 0 Å². The van der Waals surface area contributed by atoms with Gasteiger partial charge < -0.3 is 5.11 Å². The molecular weight excluding hydrogens is 324 g/mol. The molecule has 0 spiro atoms. The van der Waals surface area contributed by atoms with E-state index < -0.39 is 10.0 Å². The molecule has 2 N–H and O–H groups in total. The number of aromatic hydroxyl groups is 1. The number of rotatable bonds is 5. The van der Waals surface area contributed by atoms with Gasteiger partial charge in [-0.2, -0.15) is 13.5 Å². The normalized spacial score (nSPS) is 11.7. The van der Waals surface area contributed by atoms with Gasteiger partial charge in [-0.15, -0.1) is 0 Å². The average Bonchev–Trinajstić information content (AvgIpc) is 2.50. The molecule has 0 radical (unpaired) electrons. The highest BCUT2D eigenvalue weighted by Gasteiger charge is 2.12. The maximum Gasteiger partial charge on any atom is 0.276 e. The number of phenols is 1. The summed E-state index contributed by atoms with van der Waals surface area (Å²) >= 11 is 5.80. The van der Waals surface area contributed by atoms with E-state index in [9.17, 15) is 13.5 Å². The van der Waals surface area contributed by atoms with Crippen LogP contribution in [0, 0.1) is 0 Å². The molecule has 0 fully saturated rings. The number of halogens is 1. The van der Waals surface area contributed by atoms with Crippen molar-refractivity contribution in [1.29, 1.82) is 0 Å². The number of benzene rings is 2. The van der Waals surface area contributed by atoms with Gasteiger partial charge in [0.25, 0.3) is 10.0 Å². The van der Waals surface area contributed by atoms with Gasteiger partial charge in [-0.3, -0.25) is 0 Å². The Labute approximate surface area is 134 Å². The maximum atomic E-state index is 12.1. The van der Waals surface area contributed by atoms with Crippen LogP contribution in [0.15, 0.2) is 52.5 Å². The molecule has 0 aliphatic heterocycles. The van der Waals surface area contributed by atoms with Crippen LogP contribution in [-0.4, -0.2) is 19.7 Å². The molecule has 2 rings (SSSR count). The zero-order chi connectivity index (χ0) is 16.2. The summed E-state index contributed by atoms with van der Waals surface area (Å²) in [7, 11) is -3.74. The molecular formula is C15H15ClN2O3S. The molecule has 0 bridgehead atoms.